The van der Waals surface area contributed by atoms with Crippen LogP contribution in [0.1, 0.15) is 11.1 Å². The Morgan fingerprint density at radius 3 is 2.62 bits per heavy atom. The molecule has 1 aromatic heterocycles. The maximum atomic E-state index is 5.92. The van der Waals surface area contributed by atoms with E-state index >= 15 is 0 Å². The Kier molecular flexibility index (Phi) is 3.84. The predicted octanol–water partition coefficient (Wildman–Crippen LogP) is 4.05. The molecule has 2 aromatic carbocycles. The fraction of sp³-hybridized carbons (Fsp3) is 0.167. The van der Waals surface area contributed by atoms with Crippen molar-refractivity contribution in [3.8, 4) is 11.6 Å². The van der Waals surface area contributed by atoms with Crippen molar-refractivity contribution in [1.82, 2.24) is 10.3 Å². The first-order valence-electron chi connectivity index (χ1n) is 7.03. The summed E-state index contributed by atoms with van der Waals surface area (Å²) in [6.07, 6.45) is 1.85. The molecule has 0 amide bonds. The van der Waals surface area contributed by atoms with Gasteiger partial charge in [-0.1, -0.05) is 30.3 Å². The van der Waals surface area contributed by atoms with Crippen molar-refractivity contribution in [2.75, 3.05) is 7.05 Å². The summed E-state index contributed by atoms with van der Waals surface area (Å²) < 4.78 is 5.92. The molecule has 1 heterocycles. The van der Waals surface area contributed by atoms with E-state index in [0.717, 1.165) is 23.4 Å². The molecule has 106 valence electrons. The van der Waals surface area contributed by atoms with Gasteiger partial charge in [0.25, 0.3) is 0 Å². The summed E-state index contributed by atoms with van der Waals surface area (Å²) in [5.74, 6) is 1.47. The lowest BCUT2D eigenvalue weighted by Crippen LogP contribution is -2.06. The quantitative estimate of drug-likeness (QED) is 0.781. The molecule has 0 spiro atoms. The van der Waals surface area contributed by atoms with Crippen molar-refractivity contribution in [2.45, 2.75) is 13.5 Å². The number of benzene rings is 2. The SMILES string of the molecule is CNCc1cnc(Oc2ccc3ccccc3c2)c(C)c1. The number of nitrogens with zero attached hydrogens (tertiary/aromatic N) is 1. The minimum atomic E-state index is 0.658. The maximum absolute atomic E-state index is 5.92. The van der Waals surface area contributed by atoms with Crippen molar-refractivity contribution in [3.63, 3.8) is 0 Å². The molecule has 0 aliphatic rings. The fourth-order valence-electron chi connectivity index (χ4n) is 2.37. The number of aryl methyl sites for hydroxylation is 1. The Hall–Kier alpha value is -2.39. The van der Waals surface area contributed by atoms with Crippen LogP contribution in [0.5, 0.6) is 11.6 Å². The lowest BCUT2D eigenvalue weighted by molar-refractivity contribution is 0.459. The summed E-state index contributed by atoms with van der Waals surface area (Å²) in [7, 11) is 1.93. The van der Waals surface area contributed by atoms with Gasteiger partial charge in [0.05, 0.1) is 0 Å². The van der Waals surface area contributed by atoms with Crippen molar-refractivity contribution in [1.29, 1.82) is 0 Å². The van der Waals surface area contributed by atoms with Crippen LogP contribution in [0.15, 0.2) is 54.7 Å². The van der Waals surface area contributed by atoms with Gasteiger partial charge in [0.2, 0.25) is 5.88 Å². The molecule has 3 nitrogen and oxygen atoms in total. The van der Waals surface area contributed by atoms with Gasteiger partial charge in [-0.3, -0.25) is 0 Å². The Morgan fingerprint density at radius 1 is 1.05 bits per heavy atom. The molecule has 0 bridgehead atoms. The minimum absolute atomic E-state index is 0.658. The van der Waals surface area contributed by atoms with Gasteiger partial charge in [-0.15, -0.1) is 0 Å². The van der Waals surface area contributed by atoms with Crippen LogP contribution in [0.2, 0.25) is 0 Å². The Balaban J connectivity index is 1.87. The molecule has 3 rings (SSSR count). The molecule has 0 atom stereocenters. The highest BCUT2D eigenvalue weighted by Crippen LogP contribution is 2.26. The van der Waals surface area contributed by atoms with Gasteiger partial charge in [0, 0.05) is 18.3 Å². The van der Waals surface area contributed by atoms with Gasteiger partial charge in [-0.25, -0.2) is 4.98 Å². The zero-order chi connectivity index (χ0) is 14.7. The largest absolute Gasteiger partial charge is 0.439 e. The first kappa shape index (κ1) is 13.6. The van der Waals surface area contributed by atoms with Crippen LogP contribution in [0.4, 0.5) is 0 Å². The van der Waals surface area contributed by atoms with E-state index in [1.165, 1.54) is 10.8 Å². The van der Waals surface area contributed by atoms with E-state index in [1.54, 1.807) is 0 Å². The molecular formula is C18H18N2O. The van der Waals surface area contributed by atoms with Gasteiger partial charge in [0.1, 0.15) is 5.75 Å². The molecular weight excluding hydrogens is 260 g/mol. The molecule has 0 radical (unpaired) electrons. The average molecular weight is 278 g/mol. The molecule has 0 saturated carbocycles. The molecule has 3 aromatic rings. The predicted molar refractivity (Wildman–Crippen MR) is 85.8 cm³/mol. The van der Waals surface area contributed by atoms with E-state index in [4.69, 9.17) is 4.74 Å². The molecule has 0 fully saturated rings. The third-order valence-electron chi connectivity index (χ3n) is 3.40. The Morgan fingerprint density at radius 2 is 1.86 bits per heavy atom. The minimum Gasteiger partial charge on any atom is -0.439 e. The zero-order valence-corrected chi connectivity index (χ0v) is 12.3. The first-order valence-corrected chi connectivity index (χ1v) is 7.03. The number of fused-ring (bicyclic) bond motifs is 1. The van der Waals surface area contributed by atoms with Gasteiger partial charge in [-0.05, 0) is 48.5 Å². The highest BCUT2D eigenvalue weighted by atomic mass is 16.5. The standard InChI is InChI=1S/C18H18N2O/c1-13-9-14(11-19-2)12-20-18(13)21-17-8-7-15-5-3-4-6-16(15)10-17/h3-10,12,19H,11H2,1-2H3. The van der Waals surface area contributed by atoms with Crippen LogP contribution in [-0.2, 0) is 6.54 Å². The maximum Gasteiger partial charge on any atom is 0.222 e. The summed E-state index contributed by atoms with van der Waals surface area (Å²) in [6, 6.07) is 16.4. The van der Waals surface area contributed by atoms with Crippen LogP contribution in [0.3, 0.4) is 0 Å². The molecule has 0 saturated heterocycles. The third kappa shape index (κ3) is 3.03. The summed E-state index contributed by atoms with van der Waals surface area (Å²) in [4.78, 5) is 4.41. The van der Waals surface area contributed by atoms with Crippen molar-refractivity contribution in [3.05, 3.63) is 65.9 Å². The summed E-state index contributed by atoms with van der Waals surface area (Å²) in [5, 5.41) is 5.49. The number of rotatable bonds is 4. The van der Waals surface area contributed by atoms with E-state index in [-0.39, 0.29) is 0 Å². The Labute approximate surface area is 124 Å². The summed E-state index contributed by atoms with van der Waals surface area (Å²) in [5.41, 5.74) is 2.19. The molecule has 0 aliphatic carbocycles. The van der Waals surface area contributed by atoms with E-state index in [0.29, 0.717) is 5.88 Å². The first-order chi connectivity index (χ1) is 10.3. The van der Waals surface area contributed by atoms with Gasteiger partial charge in [0.15, 0.2) is 0 Å². The molecule has 21 heavy (non-hydrogen) atoms. The van der Waals surface area contributed by atoms with Crippen LogP contribution in [0, 0.1) is 6.92 Å². The van der Waals surface area contributed by atoms with Crippen molar-refractivity contribution < 1.29 is 4.74 Å². The summed E-state index contributed by atoms with van der Waals surface area (Å²) in [6.45, 7) is 2.83. The number of pyridine rings is 1. The van der Waals surface area contributed by atoms with Gasteiger partial charge in [-0.2, -0.15) is 0 Å². The van der Waals surface area contributed by atoms with Gasteiger partial charge < -0.3 is 10.1 Å². The van der Waals surface area contributed by atoms with Crippen molar-refractivity contribution in [2.24, 2.45) is 0 Å². The topological polar surface area (TPSA) is 34.2 Å². The van der Waals surface area contributed by atoms with Crippen LogP contribution < -0.4 is 10.1 Å². The van der Waals surface area contributed by atoms with Crippen molar-refractivity contribution >= 4 is 10.8 Å². The molecule has 0 unspecified atom stereocenters. The lowest BCUT2D eigenvalue weighted by atomic mass is 10.1. The second-order valence-electron chi connectivity index (χ2n) is 5.11. The smallest absolute Gasteiger partial charge is 0.222 e. The summed E-state index contributed by atoms with van der Waals surface area (Å²) >= 11 is 0. The van der Waals surface area contributed by atoms with E-state index < -0.39 is 0 Å². The lowest BCUT2D eigenvalue weighted by Gasteiger charge is -2.10. The van der Waals surface area contributed by atoms with Crippen LogP contribution >= 0.6 is 0 Å². The van der Waals surface area contributed by atoms with E-state index in [1.807, 2.05) is 44.4 Å². The molecule has 1 N–H and O–H groups in total. The average Bonchev–Trinajstić information content (AvgIpc) is 2.50. The van der Waals surface area contributed by atoms with Gasteiger partial charge >= 0.3 is 0 Å². The number of nitrogens with one attached hydrogen (secondary N) is 1. The number of hydrogen-bond acceptors (Lipinski definition) is 3. The second-order valence-corrected chi connectivity index (χ2v) is 5.11. The third-order valence-corrected chi connectivity index (χ3v) is 3.40. The van der Waals surface area contributed by atoms with E-state index in [2.05, 4.69) is 34.6 Å². The Bertz CT molecular complexity index is 768. The number of aromatic nitrogens is 1. The zero-order valence-electron chi connectivity index (χ0n) is 12.3. The fourth-order valence-corrected chi connectivity index (χ4v) is 2.37. The molecule has 0 aliphatic heterocycles. The normalized spacial score (nSPS) is 10.8. The van der Waals surface area contributed by atoms with E-state index in [9.17, 15) is 0 Å². The van der Waals surface area contributed by atoms with Crippen LogP contribution in [-0.4, -0.2) is 12.0 Å². The number of ether oxygens (including phenoxy) is 1. The molecule has 3 heteroatoms. The highest BCUT2D eigenvalue weighted by Gasteiger charge is 2.05. The second kappa shape index (κ2) is 5.94. The number of hydrogen-bond donors (Lipinski definition) is 1. The monoisotopic (exact) mass is 278 g/mol. The highest BCUT2D eigenvalue weighted by molar-refractivity contribution is 5.83. The van der Waals surface area contributed by atoms with Crippen LogP contribution in [0.25, 0.3) is 10.8 Å².